The maximum absolute atomic E-state index is 11.2. The van der Waals surface area contributed by atoms with E-state index in [-0.39, 0.29) is 0 Å². The molecule has 0 unspecified atom stereocenters. The summed E-state index contributed by atoms with van der Waals surface area (Å²) in [5, 5.41) is 2.91. The van der Waals surface area contributed by atoms with Crippen molar-refractivity contribution in [1.82, 2.24) is 5.32 Å². The summed E-state index contributed by atoms with van der Waals surface area (Å²) < 4.78 is 0. The number of fused-ring (bicyclic) bond motifs is 1. The summed E-state index contributed by atoms with van der Waals surface area (Å²) >= 11 is 0. The quantitative estimate of drug-likeness (QED) is 0.602. The third-order valence-electron chi connectivity index (χ3n) is 3.47. The third kappa shape index (κ3) is 0.815. The summed E-state index contributed by atoms with van der Waals surface area (Å²) in [7, 11) is 0. The van der Waals surface area contributed by atoms with Crippen LogP contribution in [0.3, 0.4) is 0 Å². The van der Waals surface area contributed by atoms with Crippen LogP contribution in [0.1, 0.15) is 26.7 Å². The molecule has 1 saturated heterocycles. The molecule has 1 amide bonds. The molecule has 1 heterocycles. The van der Waals surface area contributed by atoms with Crippen LogP contribution >= 0.6 is 0 Å². The van der Waals surface area contributed by atoms with Crippen molar-refractivity contribution in [2.75, 3.05) is 6.54 Å². The Balaban J connectivity index is 2.14. The van der Waals surface area contributed by atoms with Gasteiger partial charge in [-0.05, 0) is 24.2 Å². The molecule has 2 atom stereocenters. The third-order valence-corrected chi connectivity index (χ3v) is 3.47. The van der Waals surface area contributed by atoms with Gasteiger partial charge in [0.25, 0.3) is 0 Å². The molecule has 2 fully saturated rings. The van der Waals surface area contributed by atoms with Gasteiger partial charge in [0.15, 0.2) is 0 Å². The number of amides is 1. The van der Waals surface area contributed by atoms with Gasteiger partial charge in [0, 0.05) is 12.5 Å². The van der Waals surface area contributed by atoms with Crippen molar-refractivity contribution in [1.29, 1.82) is 0 Å². The highest BCUT2D eigenvalue weighted by Crippen LogP contribution is 2.61. The maximum atomic E-state index is 11.2. The van der Waals surface area contributed by atoms with E-state index in [2.05, 4.69) is 19.2 Å². The number of rotatable bonds is 1. The van der Waals surface area contributed by atoms with Gasteiger partial charge in [-0.25, -0.2) is 0 Å². The highest BCUT2D eigenvalue weighted by atomic mass is 16.2. The van der Waals surface area contributed by atoms with E-state index in [0.717, 1.165) is 13.0 Å². The summed E-state index contributed by atoms with van der Waals surface area (Å²) in [6.45, 7) is 5.37. The molecule has 0 spiro atoms. The van der Waals surface area contributed by atoms with E-state index in [0.29, 0.717) is 23.2 Å². The van der Waals surface area contributed by atoms with Crippen LogP contribution in [-0.4, -0.2) is 12.5 Å². The van der Waals surface area contributed by atoms with Crippen LogP contribution in [0.4, 0.5) is 0 Å². The highest BCUT2D eigenvalue weighted by molar-refractivity contribution is 5.83. The first-order valence-electron chi connectivity index (χ1n) is 4.44. The largest absolute Gasteiger partial charge is 0.356 e. The van der Waals surface area contributed by atoms with Gasteiger partial charge >= 0.3 is 0 Å². The molecule has 1 N–H and O–H groups in total. The Morgan fingerprint density at radius 1 is 1.64 bits per heavy atom. The average Bonchev–Trinajstić information content (AvgIpc) is 2.64. The van der Waals surface area contributed by atoms with Gasteiger partial charge in [0.2, 0.25) is 5.91 Å². The predicted molar refractivity (Wildman–Crippen MR) is 43.0 cm³/mol. The molecule has 2 rings (SSSR count). The van der Waals surface area contributed by atoms with Gasteiger partial charge in [-0.15, -0.1) is 0 Å². The monoisotopic (exact) mass is 153 g/mol. The van der Waals surface area contributed by atoms with E-state index < -0.39 is 0 Å². The fourth-order valence-electron chi connectivity index (χ4n) is 2.42. The minimum atomic E-state index is 0.296. The van der Waals surface area contributed by atoms with E-state index in [4.69, 9.17) is 0 Å². The molecule has 0 aromatic heterocycles. The van der Waals surface area contributed by atoms with E-state index in [1.165, 1.54) is 6.42 Å². The van der Waals surface area contributed by atoms with Crippen molar-refractivity contribution in [2.45, 2.75) is 26.7 Å². The molecule has 0 bridgehead atoms. The molecule has 62 valence electrons. The second-order valence-electron chi connectivity index (χ2n) is 4.19. The molecule has 1 saturated carbocycles. The maximum Gasteiger partial charge on any atom is 0.223 e. The van der Waals surface area contributed by atoms with Crippen LogP contribution in [-0.2, 0) is 4.79 Å². The molecule has 11 heavy (non-hydrogen) atoms. The lowest BCUT2D eigenvalue weighted by atomic mass is 9.84. The minimum Gasteiger partial charge on any atom is -0.356 e. The first-order chi connectivity index (χ1) is 5.17. The number of carbonyl (C=O) groups excluding carboxylic acids is 1. The number of nitrogens with one attached hydrogen (secondary N) is 1. The zero-order valence-corrected chi connectivity index (χ0v) is 7.18. The average molecular weight is 153 g/mol. The van der Waals surface area contributed by atoms with Crippen LogP contribution in [0.5, 0.6) is 0 Å². The Morgan fingerprint density at radius 3 is 2.91 bits per heavy atom. The zero-order valence-electron chi connectivity index (χ0n) is 7.18. The standard InChI is InChI=1S/C9H15NO/c1-6(2)9-3-4-10-8(11)7(9)5-9/h6-7H,3-5H2,1-2H3,(H,10,11)/t7-,9-/m1/s1. The number of hydrogen-bond donors (Lipinski definition) is 1. The van der Waals surface area contributed by atoms with Gasteiger partial charge in [-0.3, -0.25) is 4.79 Å². The van der Waals surface area contributed by atoms with Gasteiger partial charge in [-0.1, -0.05) is 13.8 Å². The SMILES string of the molecule is CC(C)[C@]12CCNC(=O)[C@H]1C2. The van der Waals surface area contributed by atoms with Gasteiger partial charge < -0.3 is 5.32 Å². The van der Waals surface area contributed by atoms with Crippen molar-refractivity contribution in [2.24, 2.45) is 17.3 Å². The zero-order chi connectivity index (χ0) is 8.06. The van der Waals surface area contributed by atoms with Crippen molar-refractivity contribution in [3.05, 3.63) is 0 Å². The lowest BCUT2D eigenvalue weighted by molar-refractivity contribution is -0.124. The Labute approximate surface area is 67.4 Å². The fourth-order valence-corrected chi connectivity index (χ4v) is 2.42. The normalized spacial score (nSPS) is 41.7. The lowest BCUT2D eigenvalue weighted by Gasteiger charge is -2.25. The Morgan fingerprint density at radius 2 is 2.36 bits per heavy atom. The second kappa shape index (κ2) is 1.99. The van der Waals surface area contributed by atoms with Crippen LogP contribution < -0.4 is 5.32 Å². The first kappa shape index (κ1) is 7.14. The van der Waals surface area contributed by atoms with Gasteiger partial charge in [0.05, 0.1) is 0 Å². The van der Waals surface area contributed by atoms with Crippen LogP contribution in [0.25, 0.3) is 0 Å². The van der Waals surface area contributed by atoms with Crippen LogP contribution in [0, 0.1) is 17.3 Å². The molecule has 1 aliphatic heterocycles. The summed E-state index contributed by atoms with van der Waals surface area (Å²) in [4.78, 5) is 11.2. The lowest BCUT2D eigenvalue weighted by Crippen LogP contribution is -2.36. The fraction of sp³-hybridized carbons (Fsp3) is 0.889. The first-order valence-corrected chi connectivity index (χ1v) is 4.44. The van der Waals surface area contributed by atoms with Crippen molar-refractivity contribution in [3.8, 4) is 0 Å². The summed E-state index contributed by atoms with van der Waals surface area (Å²) in [6, 6.07) is 0. The number of carbonyl (C=O) groups is 1. The molecular formula is C9H15NO. The topological polar surface area (TPSA) is 29.1 Å². The molecule has 0 aromatic carbocycles. The van der Waals surface area contributed by atoms with Crippen LogP contribution in [0.2, 0.25) is 0 Å². The van der Waals surface area contributed by atoms with Crippen molar-refractivity contribution >= 4 is 5.91 Å². The second-order valence-corrected chi connectivity index (χ2v) is 4.19. The molecule has 1 aliphatic carbocycles. The van der Waals surface area contributed by atoms with E-state index >= 15 is 0 Å². The Bertz CT molecular complexity index is 200. The molecule has 2 nitrogen and oxygen atoms in total. The van der Waals surface area contributed by atoms with E-state index in [1.807, 2.05) is 0 Å². The molecular weight excluding hydrogens is 138 g/mol. The highest BCUT2D eigenvalue weighted by Gasteiger charge is 2.60. The van der Waals surface area contributed by atoms with E-state index in [1.54, 1.807) is 0 Å². The Hall–Kier alpha value is -0.530. The van der Waals surface area contributed by atoms with Crippen molar-refractivity contribution < 1.29 is 4.79 Å². The van der Waals surface area contributed by atoms with Gasteiger partial charge in [-0.2, -0.15) is 0 Å². The Kier molecular flexibility index (Phi) is 1.29. The summed E-state index contributed by atoms with van der Waals surface area (Å²) in [6.07, 6.45) is 2.33. The smallest absolute Gasteiger partial charge is 0.223 e. The molecule has 2 aliphatic rings. The minimum absolute atomic E-state index is 0.296. The molecule has 0 radical (unpaired) electrons. The van der Waals surface area contributed by atoms with Crippen LogP contribution in [0.15, 0.2) is 0 Å². The van der Waals surface area contributed by atoms with Crippen molar-refractivity contribution in [3.63, 3.8) is 0 Å². The molecule has 0 aromatic rings. The van der Waals surface area contributed by atoms with Gasteiger partial charge in [0.1, 0.15) is 0 Å². The summed E-state index contributed by atoms with van der Waals surface area (Å²) in [5.41, 5.74) is 0.405. The van der Waals surface area contributed by atoms with E-state index in [9.17, 15) is 4.79 Å². The number of piperidine rings is 1. The predicted octanol–water partition coefficient (Wildman–Crippen LogP) is 1.17. The molecule has 2 heteroatoms. The summed E-state index contributed by atoms with van der Waals surface area (Å²) in [5.74, 6) is 1.33. The number of hydrogen-bond acceptors (Lipinski definition) is 1.